The average molecular weight is 280 g/mol. The normalized spacial score (nSPS) is 34.5. The molecule has 0 radical (unpaired) electrons. The first kappa shape index (κ1) is 16.3. The lowest BCUT2D eigenvalue weighted by atomic mass is 9.80. The lowest BCUT2D eigenvalue weighted by molar-refractivity contribution is 0.0269. The summed E-state index contributed by atoms with van der Waals surface area (Å²) in [7, 11) is 0. The largest absolute Gasteiger partial charge is 0.308 e. The summed E-state index contributed by atoms with van der Waals surface area (Å²) in [4.78, 5) is 2.80. The summed E-state index contributed by atoms with van der Waals surface area (Å²) in [5.41, 5.74) is 0.769. The molecule has 0 spiro atoms. The fourth-order valence-corrected chi connectivity index (χ4v) is 3.54. The summed E-state index contributed by atoms with van der Waals surface area (Å²) >= 11 is 0. The van der Waals surface area contributed by atoms with E-state index in [1.165, 1.54) is 32.5 Å². The number of piperazine rings is 1. The fraction of sp³-hybridized carbons (Fsp3) is 1.00. The van der Waals surface area contributed by atoms with E-state index in [1.54, 1.807) is 0 Å². The van der Waals surface area contributed by atoms with Crippen molar-refractivity contribution in [3.63, 3.8) is 0 Å². The lowest BCUT2D eigenvalue weighted by Crippen LogP contribution is -2.65. The molecule has 1 heterocycles. The molecule has 1 saturated carbocycles. The van der Waals surface area contributed by atoms with E-state index in [1.807, 2.05) is 0 Å². The van der Waals surface area contributed by atoms with Gasteiger partial charge in [0.25, 0.3) is 0 Å². The van der Waals surface area contributed by atoms with Gasteiger partial charge in [-0.1, -0.05) is 41.5 Å². The number of hydrogen-bond donors (Lipinski definition) is 1. The van der Waals surface area contributed by atoms with Crippen LogP contribution in [0.4, 0.5) is 0 Å². The minimum absolute atomic E-state index is 0.364. The Balaban J connectivity index is 2.07. The Bertz CT molecular complexity index is 327. The van der Waals surface area contributed by atoms with E-state index in [-0.39, 0.29) is 0 Å². The Kier molecular flexibility index (Phi) is 4.57. The van der Waals surface area contributed by atoms with Crippen molar-refractivity contribution >= 4 is 0 Å². The molecule has 0 amide bonds. The van der Waals surface area contributed by atoms with E-state index in [0.29, 0.717) is 17.0 Å². The monoisotopic (exact) mass is 280 g/mol. The van der Waals surface area contributed by atoms with Crippen LogP contribution in [-0.2, 0) is 0 Å². The Morgan fingerprint density at radius 2 is 1.80 bits per heavy atom. The third-order valence-electron chi connectivity index (χ3n) is 5.95. The van der Waals surface area contributed by atoms with Crippen LogP contribution >= 0.6 is 0 Å². The maximum Gasteiger partial charge on any atom is 0.0309 e. The highest BCUT2D eigenvalue weighted by Gasteiger charge is 2.46. The number of rotatable bonds is 4. The van der Waals surface area contributed by atoms with Crippen LogP contribution in [0.25, 0.3) is 0 Å². The second kappa shape index (κ2) is 5.61. The zero-order chi connectivity index (χ0) is 15.1. The van der Waals surface area contributed by atoms with Gasteiger partial charge in [0.15, 0.2) is 0 Å². The maximum absolute atomic E-state index is 3.89. The molecule has 0 aromatic heterocycles. The van der Waals surface area contributed by atoms with Gasteiger partial charge in [0, 0.05) is 31.2 Å². The van der Waals surface area contributed by atoms with Crippen LogP contribution in [0.15, 0.2) is 0 Å². The van der Waals surface area contributed by atoms with Crippen molar-refractivity contribution in [1.29, 1.82) is 0 Å². The summed E-state index contributed by atoms with van der Waals surface area (Å²) < 4.78 is 0. The van der Waals surface area contributed by atoms with Gasteiger partial charge in [0.05, 0.1) is 0 Å². The molecule has 3 unspecified atom stereocenters. The van der Waals surface area contributed by atoms with Gasteiger partial charge >= 0.3 is 0 Å². The molecule has 1 aliphatic carbocycles. The van der Waals surface area contributed by atoms with E-state index in [2.05, 4.69) is 58.7 Å². The van der Waals surface area contributed by atoms with E-state index in [4.69, 9.17) is 0 Å². The molecule has 0 aromatic carbocycles. The van der Waals surface area contributed by atoms with Crippen molar-refractivity contribution in [2.75, 3.05) is 19.6 Å². The minimum atomic E-state index is 0.364. The standard InChI is InChI=1S/C18H36N2/c1-13(2)16-10-19-18(7,15-8-9-15)12-20(16)11-14(3)17(4,5)6/h13-16,19H,8-12H2,1-7H3. The van der Waals surface area contributed by atoms with Crippen LogP contribution in [-0.4, -0.2) is 36.1 Å². The molecule has 1 saturated heterocycles. The first-order chi connectivity index (χ1) is 9.13. The van der Waals surface area contributed by atoms with Crippen molar-refractivity contribution in [3.8, 4) is 0 Å². The van der Waals surface area contributed by atoms with Crippen molar-refractivity contribution in [2.45, 2.75) is 72.9 Å². The van der Waals surface area contributed by atoms with Crippen LogP contribution in [0.3, 0.4) is 0 Å². The molecule has 0 aromatic rings. The predicted octanol–water partition coefficient (Wildman–Crippen LogP) is 3.77. The third-order valence-corrected chi connectivity index (χ3v) is 5.95. The van der Waals surface area contributed by atoms with Crippen LogP contribution in [0.1, 0.15) is 61.3 Å². The molecule has 0 bridgehead atoms. The molecular weight excluding hydrogens is 244 g/mol. The molecule has 20 heavy (non-hydrogen) atoms. The second-order valence-corrected chi connectivity index (χ2v) is 9.08. The molecule has 118 valence electrons. The second-order valence-electron chi connectivity index (χ2n) is 9.08. The smallest absolute Gasteiger partial charge is 0.0309 e. The average Bonchev–Trinajstić information content (AvgIpc) is 3.11. The van der Waals surface area contributed by atoms with Gasteiger partial charge in [-0.15, -0.1) is 0 Å². The van der Waals surface area contributed by atoms with Gasteiger partial charge in [-0.2, -0.15) is 0 Å². The van der Waals surface area contributed by atoms with Gasteiger partial charge in [0.2, 0.25) is 0 Å². The zero-order valence-corrected chi connectivity index (χ0v) is 14.8. The van der Waals surface area contributed by atoms with Crippen molar-refractivity contribution in [3.05, 3.63) is 0 Å². The van der Waals surface area contributed by atoms with E-state index in [9.17, 15) is 0 Å². The van der Waals surface area contributed by atoms with Crippen LogP contribution in [0.2, 0.25) is 0 Å². The highest BCUT2D eigenvalue weighted by atomic mass is 15.3. The first-order valence-corrected chi connectivity index (χ1v) is 8.62. The van der Waals surface area contributed by atoms with E-state index >= 15 is 0 Å². The first-order valence-electron chi connectivity index (χ1n) is 8.62. The highest BCUT2D eigenvalue weighted by Crippen LogP contribution is 2.42. The van der Waals surface area contributed by atoms with Crippen molar-refractivity contribution in [1.82, 2.24) is 10.2 Å². The molecule has 3 atom stereocenters. The van der Waals surface area contributed by atoms with E-state index in [0.717, 1.165) is 17.8 Å². The van der Waals surface area contributed by atoms with Gasteiger partial charge in [-0.3, -0.25) is 4.90 Å². The van der Waals surface area contributed by atoms with E-state index < -0.39 is 0 Å². The van der Waals surface area contributed by atoms with Gasteiger partial charge < -0.3 is 5.32 Å². The Morgan fingerprint density at radius 3 is 2.25 bits per heavy atom. The fourth-order valence-electron chi connectivity index (χ4n) is 3.54. The molecule has 2 aliphatic rings. The summed E-state index contributed by atoms with van der Waals surface area (Å²) in [6.07, 6.45) is 2.86. The summed E-state index contributed by atoms with van der Waals surface area (Å²) in [5.74, 6) is 2.40. The van der Waals surface area contributed by atoms with Crippen LogP contribution in [0.5, 0.6) is 0 Å². The van der Waals surface area contributed by atoms with Crippen molar-refractivity contribution in [2.24, 2.45) is 23.2 Å². The van der Waals surface area contributed by atoms with Crippen LogP contribution < -0.4 is 5.32 Å². The quantitative estimate of drug-likeness (QED) is 0.843. The topological polar surface area (TPSA) is 15.3 Å². The Morgan fingerprint density at radius 1 is 1.20 bits per heavy atom. The number of nitrogens with zero attached hydrogens (tertiary/aromatic N) is 1. The molecule has 2 fully saturated rings. The van der Waals surface area contributed by atoms with Gasteiger partial charge in [-0.05, 0) is 42.9 Å². The SMILES string of the molecule is CC(C)C1CNC(C)(C2CC2)CN1CC(C)C(C)(C)C. The van der Waals surface area contributed by atoms with Gasteiger partial charge in [0.1, 0.15) is 0 Å². The summed E-state index contributed by atoms with van der Waals surface area (Å²) in [6.45, 7) is 20.4. The lowest BCUT2D eigenvalue weighted by Gasteiger charge is -2.50. The summed E-state index contributed by atoms with van der Waals surface area (Å²) in [6, 6.07) is 0.701. The predicted molar refractivity (Wildman–Crippen MR) is 87.9 cm³/mol. The molecule has 2 heteroatoms. The molecule has 2 rings (SSSR count). The third kappa shape index (κ3) is 3.57. The zero-order valence-electron chi connectivity index (χ0n) is 14.8. The minimum Gasteiger partial charge on any atom is -0.308 e. The van der Waals surface area contributed by atoms with Gasteiger partial charge in [-0.25, -0.2) is 0 Å². The molecule has 1 N–H and O–H groups in total. The Hall–Kier alpha value is -0.0800. The molecular formula is C18H36N2. The number of nitrogens with one attached hydrogen (secondary N) is 1. The Labute approximate surface area is 126 Å². The highest BCUT2D eigenvalue weighted by molar-refractivity contribution is 5.04. The maximum atomic E-state index is 3.89. The molecule has 2 nitrogen and oxygen atoms in total. The summed E-state index contributed by atoms with van der Waals surface area (Å²) in [5, 5.41) is 3.89. The number of hydrogen-bond acceptors (Lipinski definition) is 2. The van der Waals surface area contributed by atoms with Crippen molar-refractivity contribution < 1.29 is 0 Å². The molecule has 1 aliphatic heterocycles. The van der Waals surface area contributed by atoms with Crippen LogP contribution in [0, 0.1) is 23.2 Å².